The van der Waals surface area contributed by atoms with Gasteiger partial charge in [-0.2, -0.15) is 0 Å². The zero-order chi connectivity index (χ0) is 23.3. The van der Waals surface area contributed by atoms with Crippen LogP contribution in [0.4, 0.5) is 0 Å². The summed E-state index contributed by atoms with van der Waals surface area (Å²) >= 11 is 0. The van der Waals surface area contributed by atoms with Gasteiger partial charge in [0.1, 0.15) is 5.70 Å². The fraction of sp³-hybridized carbons (Fsp3) is 0.192. The normalized spacial score (nSPS) is 11.2. The smallest absolute Gasteiger partial charge is 0.355 e. The van der Waals surface area contributed by atoms with E-state index >= 15 is 0 Å². The molecule has 2 aromatic carbocycles. The first-order valence-electron chi connectivity index (χ1n) is 10.3. The Balaban J connectivity index is 1.76. The van der Waals surface area contributed by atoms with Crippen molar-refractivity contribution in [1.82, 2.24) is 9.88 Å². The molecule has 0 spiro atoms. The van der Waals surface area contributed by atoms with Crippen LogP contribution in [0.15, 0.2) is 66.4 Å². The van der Waals surface area contributed by atoms with E-state index in [2.05, 4.69) is 5.32 Å². The minimum Gasteiger partial charge on any atom is -0.453 e. The van der Waals surface area contributed by atoms with Crippen molar-refractivity contribution < 1.29 is 19.1 Å². The van der Waals surface area contributed by atoms with E-state index in [9.17, 15) is 14.4 Å². The Morgan fingerprint density at radius 2 is 1.62 bits per heavy atom. The number of rotatable bonds is 7. The molecule has 0 saturated heterocycles. The molecule has 0 unspecified atom stereocenters. The Kier molecular flexibility index (Phi) is 7.05. The third kappa shape index (κ3) is 5.40. The molecule has 0 aliphatic carbocycles. The Morgan fingerprint density at radius 3 is 2.25 bits per heavy atom. The number of ether oxygens (including phenoxy) is 1. The predicted octanol–water partition coefficient (Wildman–Crippen LogP) is 4.31. The Labute approximate surface area is 187 Å². The van der Waals surface area contributed by atoms with Crippen LogP contribution in [0.2, 0.25) is 0 Å². The Hall–Kier alpha value is -3.93. The van der Waals surface area contributed by atoms with Crippen molar-refractivity contribution in [3.63, 3.8) is 0 Å². The molecule has 0 atom stereocenters. The number of ketones is 1. The lowest BCUT2D eigenvalue weighted by atomic mass is 10.1. The lowest BCUT2D eigenvalue weighted by Gasteiger charge is -2.11. The van der Waals surface area contributed by atoms with Crippen LogP contribution in [0.25, 0.3) is 11.8 Å². The predicted molar refractivity (Wildman–Crippen MR) is 124 cm³/mol. The van der Waals surface area contributed by atoms with Crippen molar-refractivity contribution in [3.8, 4) is 5.69 Å². The van der Waals surface area contributed by atoms with Crippen molar-refractivity contribution in [1.29, 1.82) is 0 Å². The number of carbonyl (C=O) groups is 3. The molecule has 164 valence electrons. The van der Waals surface area contributed by atoms with Crippen LogP contribution in [0.1, 0.15) is 39.8 Å². The summed E-state index contributed by atoms with van der Waals surface area (Å²) in [5, 5.41) is 2.47. The number of hydrogen-bond donors (Lipinski definition) is 1. The number of Topliss-reactive ketones (excluding diaryl/α,β-unsaturated/α-hetero) is 1. The van der Waals surface area contributed by atoms with E-state index in [1.807, 2.05) is 67.8 Å². The van der Waals surface area contributed by atoms with E-state index < -0.39 is 18.5 Å². The van der Waals surface area contributed by atoms with Gasteiger partial charge < -0.3 is 14.6 Å². The zero-order valence-electron chi connectivity index (χ0n) is 18.6. The third-order valence-corrected chi connectivity index (χ3v) is 5.00. The van der Waals surface area contributed by atoms with Gasteiger partial charge in [-0.3, -0.25) is 9.59 Å². The van der Waals surface area contributed by atoms with Crippen LogP contribution < -0.4 is 5.32 Å². The molecule has 1 N–H and O–H groups in total. The second kappa shape index (κ2) is 9.92. The SMILES string of the molecule is CC(=O)N/C(=C/c1ccccc1)C(=O)OCC(=O)c1cc(C)n(-c2ccc(C)cc2)c1C. The first-order chi connectivity index (χ1) is 15.3. The van der Waals surface area contributed by atoms with Gasteiger partial charge in [0.15, 0.2) is 6.61 Å². The summed E-state index contributed by atoms with van der Waals surface area (Å²) in [6.07, 6.45) is 1.51. The van der Waals surface area contributed by atoms with Gasteiger partial charge in [-0.25, -0.2) is 4.79 Å². The van der Waals surface area contributed by atoms with Crippen LogP contribution in [-0.2, 0) is 14.3 Å². The number of nitrogens with one attached hydrogen (secondary N) is 1. The summed E-state index contributed by atoms with van der Waals surface area (Å²) in [7, 11) is 0. The van der Waals surface area contributed by atoms with E-state index in [1.54, 1.807) is 18.2 Å². The highest BCUT2D eigenvalue weighted by molar-refractivity contribution is 6.02. The quantitative estimate of drug-likeness (QED) is 0.344. The molecule has 0 saturated carbocycles. The maximum Gasteiger partial charge on any atom is 0.355 e. The van der Waals surface area contributed by atoms with Crippen LogP contribution in [0.3, 0.4) is 0 Å². The number of nitrogens with zero attached hydrogens (tertiary/aromatic N) is 1. The highest BCUT2D eigenvalue weighted by Crippen LogP contribution is 2.22. The van der Waals surface area contributed by atoms with Crippen molar-refractivity contribution in [2.24, 2.45) is 0 Å². The fourth-order valence-electron chi connectivity index (χ4n) is 3.47. The molecule has 3 aromatic rings. The number of amides is 1. The average Bonchev–Trinajstić information content (AvgIpc) is 3.06. The molecular weight excluding hydrogens is 404 g/mol. The summed E-state index contributed by atoms with van der Waals surface area (Å²) in [5.41, 5.74) is 4.98. The number of aromatic nitrogens is 1. The van der Waals surface area contributed by atoms with Crippen LogP contribution in [-0.4, -0.2) is 28.8 Å². The van der Waals surface area contributed by atoms with Crippen molar-refractivity contribution in [3.05, 3.63) is 94.4 Å². The molecule has 32 heavy (non-hydrogen) atoms. The third-order valence-electron chi connectivity index (χ3n) is 5.00. The number of carbonyl (C=O) groups excluding carboxylic acids is 3. The minimum absolute atomic E-state index is 0.0263. The molecule has 0 radical (unpaired) electrons. The van der Waals surface area contributed by atoms with Gasteiger partial charge in [-0.15, -0.1) is 0 Å². The highest BCUT2D eigenvalue weighted by atomic mass is 16.5. The molecule has 1 amide bonds. The number of esters is 1. The maximum atomic E-state index is 12.8. The van der Waals surface area contributed by atoms with Crippen molar-refractivity contribution in [2.45, 2.75) is 27.7 Å². The van der Waals surface area contributed by atoms with Crippen LogP contribution in [0.5, 0.6) is 0 Å². The van der Waals surface area contributed by atoms with E-state index in [0.29, 0.717) is 5.56 Å². The minimum atomic E-state index is -0.773. The number of hydrogen-bond acceptors (Lipinski definition) is 4. The molecular formula is C26H26N2O4. The summed E-state index contributed by atoms with van der Waals surface area (Å²) in [6, 6.07) is 18.9. The van der Waals surface area contributed by atoms with Crippen LogP contribution >= 0.6 is 0 Å². The average molecular weight is 431 g/mol. The second-order valence-electron chi connectivity index (χ2n) is 7.60. The second-order valence-corrected chi connectivity index (χ2v) is 7.60. The van der Waals surface area contributed by atoms with Gasteiger partial charge in [-0.1, -0.05) is 48.0 Å². The van der Waals surface area contributed by atoms with Gasteiger partial charge in [0.25, 0.3) is 0 Å². The number of benzene rings is 2. The summed E-state index contributed by atoms with van der Waals surface area (Å²) in [4.78, 5) is 36.9. The topological polar surface area (TPSA) is 77.4 Å². The van der Waals surface area contributed by atoms with Crippen LogP contribution in [0, 0.1) is 20.8 Å². The van der Waals surface area contributed by atoms with E-state index in [1.165, 1.54) is 13.0 Å². The Morgan fingerprint density at radius 1 is 0.969 bits per heavy atom. The fourth-order valence-corrected chi connectivity index (χ4v) is 3.47. The van der Waals surface area contributed by atoms with E-state index in [0.717, 1.165) is 28.2 Å². The molecule has 0 fully saturated rings. The standard InChI is InChI=1S/C26H26N2O4/c1-17-10-12-22(13-11-17)28-18(2)14-23(19(28)3)25(30)16-32-26(31)24(27-20(4)29)15-21-8-6-5-7-9-21/h5-15H,16H2,1-4H3,(H,27,29)/b24-15+. The maximum absolute atomic E-state index is 12.8. The van der Waals surface area contributed by atoms with Gasteiger partial charge in [0.05, 0.1) is 0 Å². The van der Waals surface area contributed by atoms with Gasteiger partial charge >= 0.3 is 5.97 Å². The Bertz CT molecular complexity index is 1170. The molecule has 1 aromatic heterocycles. The monoisotopic (exact) mass is 430 g/mol. The first kappa shape index (κ1) is 22.7. The molecule has 0 aliphatic heterocycles. The van der Waals surface area contributed by atoms with Gasteiger partial charge in [-0.05, 0) is 50.6 Å². The first-order valence-corrected chi connectivity index (χ1v) is 10.3. The molecule has 3 rings (SSSR count). The molecule has 0 aliphatic rings. The number of aryl methyl sites for hydroxylation is 2. The highest BCUT2D eigenvalue weighted by Gasteiger charge is 2.20. The zero-order valence-corrected chi connectivity index (χ0v) is 18.6. The molecule has 6 nitrogen and oxygen atoms in total. The van der Waals surface area contributed by atoms with Crippen molar-refractivity contribution in [2.75, 3.05) is 6.61 Å². The largest absolute Gasteiger partial charge is 0.453 e. The van der Waals surface area contributed by atoms with Crippen molar-refractivity contribution >= 4 is 23.7 Å². The summed E-state index contributed by atoms with van der Waals surface area (Å²) < 4.78 is 7.23. The van der Waals surface area contributed by atoms with Gasteiger partial charge in [0, 0.05) is 29.6 Å². The van der Waals surface area contributed by atoms with Gasteiger partial charge in [0.2, 0.25) is 11.7 Å². The summed E-state index contributed by atoms with van der Waals surface area (Å²) in [6.45, 7) is 6.68. The molecule has 6 heteroatoms. The van der Waals surface area contributed by atoms with E-state index in [4.69, 9.17) is 4.74 Å². The van der Waals surface area contributed by atoms with E-state index in [-0.39, 0.29) is 11.5 Å². The lowest BCUT2D eigenvalue weighted by molar-refractivity contribution is -0.139. The summed E-state index contributed by atoms with van der Waals surface area (Å²) in [5.74, 6) is -1.49. The lowest BCUT2D eigenvalue weighted by Crippen LogP contribution is -2.27. The molecule has 0 bridgehead atoms. The molecule has 1 heterocycles.